The minimum absolute atomic E-state index is 0.0611. The van der Waals surface area contributed by atoms with E-state index in [0.717, 1.165) is 22.4 Å². The van der Waals surface area contributed by atoms with E-state index in [2.05, 4.69) is 5.32 Å². The summed E-state index contributed by atoms with van der Waals surface area (Å²) in [5.41, 5.74) is 4.33. The molecule has 0 aliphatic carbocycles. The molecule has 0 aromatic heterocycles. The number of amidine groups is 1. The highest BCUT2D eigenvalue weighted by Gasteiger charge is 2.36. The molecule has 0 bridgehead atoms. The number of halogens is 1. The molecule has 36 heavy (non-hydrogen) atoms. The van der Waals surface area contributed by atoms with Crippen molar-refractivity contribution in [3.05, 3.63) is 82.4 Å². The van der Waals surface area contributed by atoms with Gasteiger partial charge in [0.25, 0.3) is 0 Å². The second kappa shape index (κ2) is 10.2. The van der Waals surface area contributed by atoms with Crippen LogP contribution in [0, 0.1) is 13.8 Å². The van der Waals surface area contributed by atoms with Gasteiger partial charge < -0.3 is 14.8 Å². The van der Waals surface area contributed by atoms with Gasteiger partial charge in [-0.15, -0.1) is 0 Å². The molecule has 2 amide bonds. The average Bonchev–Trinajstić information content (AvgIpc) is 3.32. The number of nitrogens with zero attached hydrogens (tertiary/aromatic N) is 2. The molecule has 9 heteroatoms. The normalized spacial score (nSPS) is 18.0. The number of aliphatic imine (C=N–C) groups is 1. The molecule has 3 aromatic rings. The van der Waals surface area contributed by atoms with Gasteiger partial charge in [-0.3, -0.25) is 14.5 Å². The number of carbonyl (C=O) groups excluding carboxylic acids is 2. The molecule has 1 fully saturated rings. The van der Waals surface area contributed by atoms with E-state index in [1.54, 1.807) is 29.2 Å². The van der Waals surface area contributed by atoms with E-state index < -0.39 is 5.25 Å². The highest BCUT2D eigenvalue weighted by Crippen LogP contribution is 2.35. The monoisotopic (exact) mass is 521 g/mol. The fourth-order valence-electron chi connectivity index (χ4n) is 4.01. The molecule has 0 saturated carbocycles. The van der Waals surface area contributed by atoms with Crippen LogP contribution < -0.4 is 14.8 Å². The van der Waals surface area contributed by atoms with Crippen molar-refractivity contribution >= 4 is 51.7 Å². The zero-order chi connectivity index (χ0) is 25.2. The second-order valence-electron chi connectivity index (χ2n) is 8.66. The summed E-state index contributed by atoms with van der Waals surface area (Å²) in [7, 11) is 0. The molecular formula is C27H24ClN3O4S. The Kier molecular flexibility index (Phi) is 6.89. The maximum atomic E-state index is 13.3. The van der Waals surface area contributed by atoms with Gasteiger partial charge in [0.05, 0.1) is 12.2 Å². The van der Waals surface area contributed by atoms with Crippen molar-refractivity contribution in [2.75, 3.05) is 12.1 Å². The summed E-state index contributed by atoms with van der Waals surface area (Å²) in [5.74, 6) is 0.912. The minimum atomic E-state index is -0.614. The zero-order valence-electron chi connectivity index (χ0n) is 19.8. The molecule has 7 nitrogen and oxygen atoms in total. The number of hydrogen-bond acceptors (Lipinski definition) is 6. The Bertz CT molecular complexity index is 1360. The molecule has 2 aliphatic heterocycles. The minimum Gasteiger partial charge on any atom is -0.454 e. The smallest absolute Gasteiger partial charge is 0.238 e. The molecule has 1 unspecified atom stereocenters. The first-order valence-corrected chi connectivity index (χ1v) is 12.7. The molecule has 0 radical (unpaired) electrons. The highest BCUT2D eigenvalue weighted by atomic mass is 35.5. The molecule has 1 saturated heterocycles. The lowest BCUT2D eigenvalue weighted by molar-refractivity contribution is -0.129. The van der Waals surface area contributed by atoms with Crippen LogP contribution in [0.5, 0.6) is 11.5 Å². The highest BCUT2D eigenvalue weighted by molar-refractivity contribution is 8.15. The van der Waals surface area contributed by atoms with Crippen molar-refractivity contribution in [3.8, 4) is 11.5 Å². The Morgan fingerprint density at radius 2 is 1.86 bits per heavy atom. The van der Waals surface area contributed by atoms with Crippen molar-refractivity contribution in [1.29, 1.82) is 0 Å². The number of amides is 2. The standard InChI is InChI=1S/C27H24ClN3O4S/c1-16-3-9-21(17(2)11-16)30-26(33)24-13-25(32)31(14-18-4-10-22-23(12-18)35-15-34-22)27(36-24)29-20-7-5-19(28)6-8-20/h3-12,24H,13-15H2,1-2H3,(H,30,33). The summed E-state index contributed by atoms with van der Waals surface area (Å²) in [4.78, 5) is 32.8. The van der Waals surface area contributed by atoms with Crippen LogP contribution in [-0.2, 0) is 16.1 Å². The number of ether oxygens (including phenoxy) is 2. The maximum Gasteiger partial charge on any atom is 0.238 e. The summed E-state index contributed by atoms with van der Waals surface area (Å²) in [5, 5.41) is 3.41. The third-order valence-corrected chi connectivity index (χ3v) is 7.34. The number of aryl methyl sites for hydroxylation is 2. The topological polar surface area (TPSA) is 80.2 Å². The van der Waals surface area contributed by atoms with Crippen LogP contribution in [0.2, 0.25) is 5.02 Å². The Hall–Kier alpha value is -3.49. The third-order valence-electron chi connectivity index (χ3n) is 5.90. The summed E-state index contributed by atoms with van der Waals surface area (Å²) in [6.07, 6.45) is 0.0611. The number of anilines is 1. The van der Waals surface area contributed by atoms with Crippen LogP contribution in [0.1, 0.15) is 23.1 Å². The van der Waals surface area contributed by atoms with Gasteiger partial charge in [-0.05, 0) is 67.4 Å². The first kappa shape index (κ1) is 24.2. The van der Waals surface area contributed by atoms with Gasteiger partial charge in [0.1, 0.15) is 5.25 Å². The molecular weight excluding hydrogens is 498 g/mol. The van der Waals surface area contributed by atoms with E-state index >= 15 is 0 Å². The molecule has 2 heterocycles. The van der Waals surface area contributed by atoms with Crippen LogP contribution in [-0.4, -0.2) is 33.9 Å². The van der Waals surface area contributed by atoms with Crippen molar-refractivity contribution in [3.63, 3.8) is 0 Å². The first-order chi connectivity index (χ1) is 17.4. The van der Waals surface area contributed by atoms with Crippen LogP contribution in [0.15, 0.2) is 65.7 Å². The Balaban J connectivity index is 1.41. The molecule has 1 atom stereocenters. The van der Waals surface area contributed by atoms with Crippen molar-refractivity contribution in [2.24, 2.45) is 4.99 Å². The van der Waals surface area contributed by atoms with Crippen LogP contribution in [0.25, 0.3) is 0 Å². The van der Waals surface area contributed by atoms with E-state index in [-0.39, 0.29) is 25.0 Å². The lowest BCUT2D eigenvalue weighted by Gasteiger charge is -2.32. The number of thioether (sulfide) groups is 1. The summed E-state index contributed by atoms with van der Waals surface area (Å²) in [6, 6.07) is 18.4. The lowest BCUT2D eigenvalue weighted by Crippen LogP contribution is -2.44. The summed E-state index contributed by atoms with van der Waals surface area (Å²) < 4.78 is 10.9. The number of nitrogens with one attached hydrogen (secondary N) is 1. The quantitative estimate of drug-likeness (QED) is 0.456. The van der Waals surface area contributed by atoms with E-state index in [0.29, 0.717) is 33.9 Å². The Morgan fingerprint density at radius 1 is 1.08 bits per heavy atom. The number of benzene rings is 3. The summed E-state index contributed by atoms with van der Waals surface area (Å²) >= 11 is 7.31. The molecule has 1 N–H and O–H groups in total. The zero-order valence-corrected chi connectivity index (χ0v) is 21.4. The largest absolute Gasteiger partial charge is 0.454 e. The predicted octanol–water partition coefficient (Wildman–Crippen LogP) is 5.85. The van der Waals surface area contributed by atoms with E-state index in [1.807, 2.05) is 50.2 Å². The fraction of sp³-hybridized carbons (Fsp3) is 0.222. The number of rotatable bonds is 5. The van der Waals surface area contributed by atoms with E-state index in [1.165, 1.54) is 11.8 Å². The summed E-state index contributed by atoms with van der Waals surface area (Å²) in [6.45, 7) is 4.42. The first-order valence-electron chi connectivity index (χ1n) is 11.4. The number of carbonyl (C=O) groups is 2. The van der Waals surface area contributed by atoms with Crippen LogP contribution >= 0.6 is 23.4 Å². The lowest BCUT2D eigenvalue weighted by atomic mass is 10.1. The van der Waals surface area contributed by atoms with Gasteiger partial charge in [-0.1, -0.05) is 47.1 Å². The molecule has 0 spiro atoms. The SMILES string of the molecule is Cc1ccc(NC(=O)C2CC(=O)N(Cc3ccc4c(c3)OCO4)C(=Nc3ccc(Cl)cc3)S2)c(C)c1. The third kappa shape index (κ3) is 5.34. The van der Waals surface area contributed by atoms with Crippen LogP contribution in [0.3, 0.4) is 0 Å². The van der Waals surface area contributed by atoms with Gasteiger partial charge in [-0.2, -0.15) is 0 Å². The molecule has 3 aromatic carbocycles. The van der Waals surface area contributed by atoms with Crippen molar-refractivity contribution in [1.82, 2.24) is 4.90 Å². The predicted molar refractivity (Wildman–Crippen MR) is 142 cm³/mol. The van der Waals surface area contributed by atoms with E-state index in [9.17, 15) is 9.59 Å². The van der Waals surface area contributed by atoms with E-state index in [4.69, 9.17) is 26.1 Å². The van der Waals surface area contributed by atoms with Gasteiger partial charge in [0, 0.05) is 17.1 Å². The van der Waals surface area contributed by atoms with Gasteiger partial charge >= 0.3 is 0 Å². The van der Waals surface area contributed by atoms with Crippen molar-refractivity contribution < 1.29 is 19.1 Å². The van der Waals surface area contributed by atoms with Gasteiger partial charge in [0.15, 0.2) is 16.7 Å². The van der Waals surface area contributed by atoms with Crippen molar-refractivity contribution in [2.45, 2.75) is 32.1 Å². The molecule has 5 rings (SSSR count). The van der Waals surface area contributed by atoms with Gasteiger partial charge in [0.2, 0.25) is 18.6 Å². The molecule has 2 aliphatic rings. The molecule has 184 valence electrons. The Morgan fingerprint density at radius 3 is 2.64 bits per heavy atom. The maximum absolute atomic E-state index is 13.3. The van der Waals surface area contributed by atoms with Gasteiger partial charge in [-0.25, -0.2) is 4.99 Å². The Labute approximate surface area is 218 Å². The fourth-order valence-corrected chi connectivity index (χ4v) is 5.24. The number of hydrogen-bond donors (Lipinski definition) is 1. The van der Waals surface area contributed by atoms with Crippen LogP contribution in [0.4, 0.5) is 11.4 Å². The number of fused-ring (bicyclic) bond motifs is 1. The average molecular weight is 522 g/mol. The second-order valence-corrected chi connectivity index (χ2v) is 10.3.